The second kappa shape index (κ2) is 6.31. The minimum atomic E-state index is 0.368. The fourth-order valence-corrected chi connectivity index (χ4v) is 3.27. The molecule has 23 heavy (non-hydrogen) atoms. The van der Waals surface area contributed by atoms with E-state index in [4.69, 9.17) is 4.98 Å². The Morgan fingerprint density at radius 3 is 2.83 bits per heavy atom. The van der Waals surface area contributed by atoms with Gasteiger partial charge in [0, 0.05) is 43.1 Å². The predicted octanol–water partition coefficient (Wildman–Crippen LogP) is 2.56. The van der Waals surface area contributed by atoms with E-state index in [1.54, 1.807) is 18.0 Å². The van der Waals surface area contributed by atoms with Gasteiger partial charge in [0.25, 0.3) is 0 Å². The van der Waals surface area contributed by atoms with E-state index in [9.17, 15) is 0 Å². The van der Waals surface area contributed by atoms with E-state index < -0.39 is 0 Å². The van der Waals surface area contributed by atoms with Gasteiger partial charge >= 0.3 is 0 Å². The molecule has 3 heterocycles. The molecule has 1 saturated heterocycles. The van der Waals surface area contributed by atoms with Crippen molar-refractivity contribution < 1.29 is 0 Å². The zero-order valence-corrected chi connectivity index (χ0v) is 14.0. The first-order valence-electron chi connectivity index (χ1n) is 8.03. The van der Waals surface area contributed by atoms with E-state index in [0.29, 0.717) is 12.0 Å². The number of hydrogen-bond donors (Lipinski definition) is 1. The molecule has 0 amide bonds. The molecule has 2 fully saturated rings. The fourth-order valence-electron chi connectivity index (χ4n) is 2.91. The summed E-state index contributed by atoms with van der Waals surface area (Å²) in [6.07, 6.45) is 9.29. The minimum Gasteiger partial charge on any atom is -0.365 e. The Labute approximate surface area is 140 Å². The van der Waals surface area contributed by atoms with Crippen molar-refractivity contribution in [3.05, 3.63) is 30.2 Å². The van der Waals surface area contributed by atoms with Gasteiger partial charge in [0.1, 0.15) is 5.82 Å². The van der Waals surface area contributed by atoms with Crippen LogP contribution in [0.3, 0.4) is 0 Å². The Morgan fingerprint density at radius 2 is 2.00 bits per heavy atom. The fraction of sp³-hybridized carbons (Fsp3) is 0.500. The van der Waals surface area contributed by atoms with Crippen LogP contribution in [0.1, 0.15) is 30.9 Å². The Balaban J connectivity index is 1.41. The van der Waals surface area contributed by atoms with E-state index in [0.717, 1.165) is 36.4 Å². The number of aromatic nitrogens is 4. The zero-order chi connectivity index (χ0) is 15.6. The second-order valence-corrected chi connectivity index (χ2v) is 6.83. The van der Waals surface area contributed by atoms with Crippen LogP contribution >= 0.6 is 11.8 Å². The highest BCUT2D eigenvalue weighted by Gasteiger charge is 2.28. The average molecular weight is 328 g/mol. The molecule has 0 aromatic carbocycles. The van der Waals surface area contributed by atoms with Gasteiger partial charge in [0.15, 0.2) is 5.16 Å². The van der Waals surface area contributed by atoms with Crippen LogP contribution in [0.25, 0.3) is 0 Å². The van der Waals surface area contributed by atoms with Gasteiger partial charge in [0.2, 0.25) is 5.95 Å². The molecule has 0 radical (unpaired) electrons. The molecule has 6 nitrogen and oxygen atoms in total. The van der Waals surface area contributed by atoms with Crippen LogP contribution in [0.5, 0.6) is 0 Å². The van der Waals surface area contributed by atoms with Crippen LogP contribution in [0.2, 0.25) is 0 Å². The summed E-state index contributed by atoms with van der Waals surface area (Å²) in [4.78, 5) is 20.2. The molecule has 0 bridgehead atoms. The van der Waals surface area contributed by atoms with Crippen LogP contribution in [0.15, 0.2) is 29.7 Å². The predicted molar refractivity (Wildman–Crippen MR) is 92.1 cm³/mol. The third-order valence-electron chi connectivity index (χ3n) is 4.30. The van der Waals surface area contributed by atoms with E-state index in [1.165, 1.54) is 18.5 Å². The lowest BCUT2D eigenvalue weighted by Crippen LogP contribution is -2.27. The summed E-state index contributed by atoms with van der Waals surface area (Å²) in [5.74, 6) is 2.43. The molecule has 2 aliphatic rings. The van der Waals surface area contributed by atoms with E-state index in [1.807, 2.05) is 18.5 Å². The molecule has 4 rings (SSSR count). The average Bonchev–Trinajstić information content (AvgIpc) is 3.35. The van der Waals surface area contributed by atoms with E-state index >= 15 is 0 Å². The molecular formula is C16H20N6S. The van der Waals surface area contributed by atoms with Gasteiger partial charge < -0.3 is 10.2 Å². The second-order valence-electron chi connectivity index (χ2n) is 6.06. The third kappa shape index (κ3) is 3.39. The molecule has 1 saturated carbocycles. The van der Waals surface area contributed by atoms with Crippen LogP contribution in [0, 0.1) is 0 Å². The summed E-state index contributed by atoms with van der Waals surface area (Å²) >= 11 is 1.56. The molecule has 1 aliphatic heterocycles. The van der Waals surface area contributed by atoms with Gasteiger partial charge in [0.05, 0.1) is 0 Å². The SMILES string of the molecule is CSc1nccc(NC2CCN(c3nccc(C4CC4)n3)C2)n1. The lowest BCUT2D eigenvalue weighted by atomic mass is 10.2. The number of rotatable bonds is 5. The van der Waals surface area contributed by atoms with Crippen LogP contribution in [-0.4, -0.2) is 45.3 Å². The highest BCUT2D eigenvalue weighted by Crippen LogP contribution is 2.39. The van der Waals surface area contributed by atoms with Gasteiger partial charge in [-0.05, 0) is 37.7 Å². The van der Waals surface area contributed by atoms with Gasteiger partial charge in [-0.3, -0.25) is 0 Å². The number of anilines is 2. The summed E-state index contributed by atoms with van der Waals surface area (Å²) < 4.78 is 0. The molecule has 1 unspecified atom stereocenters. The first-order chi connectivity index (χ1) is 11.3. The Bertz CT molecular complexity index is 690. The lowest BCUT2D eigenvalue weighted by Gasteiger charge is -2.17. The van der Waals surface area contributed by atoms with Crippen molar-refractivity contribution in [1.29, 1.82) is 0 Å². The molecule has 2 aromatic heterocycles. The highest BCUT2D eigenvalue weighted by atomic mass is 32.2. The van der Waals surface area contributed by atoms with Gasteiger partial charge in [-0.15, -0.1) is 0 Å². The summed E-state index contributed by atoms with van der Waals surface area (Å²) in [5.41, 5.74) is 1.20. The van der Waals surface area contributed by atoms with Crippen molar-refractivity contribution in [2.24, 2.45) is 0 Å². The van der Waals surface area contributed by atoms with Crippen molar-refractivity contribution in [1.82, 2.24) is 19.9 Å². The van der Waals surface area contributed by atoms with Crippen molar-refractivity contribution in [2.45, 2.75) is 36.4 Å². The van der Waals surface area contributed by atoms with Crippen molar-refractivity contribution in [2.75, 3.05) is 29.6 Å². The molecular weight excluding hydrogens is 308 g/mol. The maximum atomic E-state index is 4.74. The molecule has 2 aromatic rings. The van der Waals surface area contributed by atoms with Crippen molar-refractivity contribution in [3.8, 4) is 0 Å². The Morgan fingerprint density at radius 1 is 1.13 bits per heavy atom. The monoisotopic (exact) mass is 328 g/mol. The van der Waals surface area contributed by atoms with Crippen LogP contribution in [0.4, 0.5) is 11.8 Å². The minimum absolute atomic E-state index is 0.368. The molecule has 1 atom stereocenters. The first-order valence-corrected chi connectivity index (χ1v) is 9.26. The molecule has 1 N–H and O–H groups in total. The Hall–Kier alpha value is -1.89. The molecule has 0 spiro atoms. The standard InChI is InChI=1S/C16H20N6S/c1-23-16-18-8-5-14(21-16)19-12-6-9-22(10-12)15-17-7-4-13(20-15)11-2-3-11/h4-5,7-8,11-12H,2-3,6,9-10H2,1H3,(H,18,19,21). The number of hydrogen-bond acceptors (Lipinski definition) is 7. The van der Waals surface area contributed by atoms with Crippen molar-refractivity contribution >= 4 is 23.5 Å². The zero-order valence-electron chi connectivity index (χ0n) is 13.1. The third-order valence-corrected chi connectivity index (χ3v) is 4.86. The van der Waals surface area contributed by atoms with Gasteiger partial charge in [-0.1, -0.05) is 11.8 Å². The smallest absolute Gasteiger partial charge is 0.225 e. The van der Waals surface area contributed by atoms with Crippen LogP contribution in [-0.2, 0) is 0 Å². The summed E-state index contributed by atoms with van der Waals surface area (Å²) in [7, 11) is 0. The summed E-state index contributed by atoms with van der Waals surface area (Å²) in [6.45, 7) is 1.89. The molecule has 120 valence electrons. The summed E-state index contributed by atoms with van der Waals surface area (Å²) in [6, 6.07) is 4.34. The van der Waals surface area contributed by atoms with Gasteiger partial charge in [-0.25, -0.2) is 19.9 Å². The number of thioether (sulfide) groups is 1. The van der Waals surface area contributed by atoms with E-state index in [-0.39, 0.29) is 0 Å². The van der Waals surface area contributed by atoms with Crippen LogP contribution < -0.4 is 10.2 Å². The largest absolute Gasteiger partial charge is 0.365 e. The topological polar surface area (TPSA) is 66.8 Å². The quantitative estimate of drug-likeness (QED) is 0.668. The number of nitrogens with one attached hydrogen (secondary N) is 1. The Kier molecular flexibility index (Phi) is 4.03. The normalized spacial score (nSPS) is 20.7. The van der Waals surface area contributed by atoms with Gasteiger partial charge in [-0.2, -0.15) is 0 Å². The van der Waals surface area contributed by atoms with Crippen molar-refractivity contribution in [3.63, 3.8) is 0 Å². The lowest BCUT2D eigenvalue weighted by molar-refractivity contribution is 0.789. The highest BCUT2D eigenvalue weighted by molar-refractivity contribution is 7.98. The number of nitrogens with zero attached hydrogens (tertiary/aromatic N) is 5. The maximum absolute atomic E-state index is 4.74. The maximum Gasteiger partial charge on any atom is 0.225 e. The molecule has 1 aliphatic carbocycles. The summed E-state index contributed by atoms with van der Waals surface area (Å²) in [5, 5.41) is 4.30. The first kappa shape index (κ1) is 14.7. The van der Waals surface area contributed by atoms with E-state index in [2.05, 4.69) is 31.2 Å². The molecule has 7 heteroatoms.